The van der Waals surface area contributed by atoms with E-state index in [1.54, 1.807) is 0 Å². The van der Waals surface area contributed by atoms with E-state index in [4.69, 9.17) is 0 Å². The molecule has 2 aliphatic rings. The number of rotatable bonds is 0. The molecule has 0 saturated heterocycles. The SMILES string of the molecule is Cc1cc2c3c(c1)N(C(C)(C)C)CC3(C)C(=O)n1c-2cc2ccccc21. The Morgan fingerprint density at radius 3 is 2.54 bits per heavy atom. The number of fused-ring (bicyclic) bond motifs is 4. The highest BCUT2D eigenvalue weighted by Gasteiger charge is 2.52. The van der Waals surface area contributed by atoms with Crippen LogP contribution in [0.15, 0.2) is 42.5 Å². The number of aryl methyl sites for hydroxylation is 1. The lowest BCUT2D eigenvalue weighted by Crippen LogP contribution is -2.48. The second-order valence-corrected chi connectivity index (χ2v) is 9.02. The van der Waals surface area contributed by atoms with Crippen LogP contribution >= 0.6 is 0 Å². The lowest BCUT2D eigenvalue weighted by Gasteiger charge is -2.36. The van der Waals surface area contributed by atoms with Crippen LogP contribution in [0.25, 0.3) is 22.2 Å². The Hall–Kier alpha value is -2.55. The van der Waals surface area contributed by atoms with E-state index in [1.165, 1.54) is 22.4 Å². The van der Waals surface area contributed by atoms with E-state index in [-0.39, 0.29) is 11.4 Å². The summed E-state index contributed by atoms with van der Waals surface area (Å²) in [6.45, 7) is 11.7. The van der Waals surface area contributed by atoms with Gasteiger partial charge in [-0.2, -0.15) is 0 Å². The van der Waals surface area contributed by atoms with Crippen LogP contribution in [0.1, 0.15) is 43.6 Å². The first-order chi connectivity index (χ1) is 12.2. The average Bonchev–Trinajstić information content (AvgIpc) is 3.10. The Kier molecular flexibility index (Phi) is 2.77. The molecule has 0 N–H and O–H groups in total. The fraction of sp³-hybridized carbons (Fsp3) is 0.348. The molecule has 1 aromatic heterocycles. The van der Waals surface area contributed by atoms with Crippen LogP contribution in [0.3, 0.4) is 0 Å². The van der Waals surface area contributed by atoms with Crippen LogP contribution in [0.4, 0.5) is 5.69 Å². The molecule has 5 rings (SSSR count). The fourth-order valence-electron chi connectivity index (χ4n) is 4.83. The molecule has 0 saturated carbocycles. The minimum Gasteiger partial charge on any atom is -0.365 e. The molecule has 0 amide bonds. The van der Waals surface area contributed by atoms with Gasteiger partial charge in [-0.3, -0.25) is 9.36 Å². The largest absolute Gasteiger partial charge is 0.365 e. The van der Waals surface area contributed by atoms with Crippen LogP contribution in [-0.2, 0) is 5.41 Å². The summed E-state index contributed by atoms with van der Waals surface area (Å²) in [4.78, 5) is 16.1. The number of anilines is 1. The van der Waals surface area contributed by atoms with Crippen molar-refractivity contribution in [1.29, 1.82) is 0 Å². The summed E-state index contributed by atoms with van der Waals surface area (Å²) in [5.74, 6) is 0.193. The molecule has 0 aliphatic carbocycles. The van der Waals surface area contributed by atoms with E-state index in [9.17, 15) is 4.79 Å². The molecule has 3 heteroatoms. The maximum Gasteiger partial charge on any atom is 0.243 e. The summed E-state index contributed by atoms with van der Waals surface area (Å²) in [6, 6.07) is 14.9. The second kappa shape index (κ2) is 4.59. The van der Waals surface area contributed by atoms with Crippen LogP contribution < -0.4 is 4.90 Å². The molecule has 0 spiro atoms. The number of benzene rings is 2. The maximum atomic E-state index is 13.7. The Morgan fingerprint density at radius 1 is 1.08 bits per heavy atom. The predicted octanol–water partition coefficient (Wildman–Crippen LogP) is 5.15. The van der Waals surface area contributed by atoms with E-state index >= 15 is 0 Å². The molecule has 3 aromatic rings. The molecule has 0 bridgehead atoms. The van der Waals surface area contributed by atoms with E-state index in [2.05, 4.69) is 69.9 Å². The van der Waals surface area contributed by atoms with Gasteiger partial charge in [0.25, 0.3) is 0 Å². The number of hydrogen-bond donors (Lipinski definition) is 0. The highest BCUT2D eigenvalue weighted by molar-refractivity contribution is 6.09. The molecule has 0 radical (unpaired) electrons. The van der Waals surface area contributed by atoms with Crippen molar-refractivity contribution in [1.82, 2.24) is 4.57 Å². The summed E-state index contributed by atoms with van der Waals surface area (Å²) in [6.07, 6.45) is 0. The third-order valence-corrected chi connectivity index (χ3v) is 6.05. The zero-order valence-electron chi connectivity index (χ0n) is 16.1. The lowest BCUT2D eigenvalue weighted by atomic mass is 9.77. The third kappa shape index (κ3) is 1.76. The summed E-state index contributed by atoms with van der Waals surface area (Å²) >= 11 is 0. The molecular formula is C23H24N2O. The van der Waals surface area contributed by atoms with Crippen molar-refractivity contribution in [2.45, 2.75) is 45.6 Å². The second-order valence-electron chi connectivity index (χ2n) is 9.02. The first-order valence-electron chi connectivity index (χ1n) is 9.30. The molecule has 3 heterocycles. The number of para-hydroxylation sites is 1. The van der Waals surface area contributed by atoms with E-state index < -0.39 is 5.41 Å². The van der Waals surface area contributed by atoms with Gasteiger partial charge in [0.2, 0.25) is 5.91 Å². The van der Waals surface area contributed by atoms with Crippen LogP contribution in [-0.4, -0.2) is 22.6 Å². The van der Waals surface area contributed by atoms with Crippen molar-refractivity contribution >= 4 is 22.5 Å². The molecule has 132 valence electrons. The summed E-state index contributed by atoms with van der Waals surface area (Å²) < 4.78 is 1.95. The minimum absolute atomic E-state index is 0.0288. The van der Waals surface area contributed by atoms with Gasteiger partial charge in [-0.15, -0.1) is 0 Å². The van der Waals surface area contributed by atoms with Crippen LogP contribution in [0.5, 0.6) is 0 Å². The number of nitrogens with zero attached hydrogens (tertiary/aromatic N) is 2. The lowest BCUT2D eigenvalue weighted by molar-refractivity contribution is 0.0820. The first-order valence-corrected chi connectivity index (χ1v) is 9.30. The number of carbonyl (C=O) groups is 1. The van der Waals surface area contributed by atoms with Crippen molar-refractivity contribution in [2.24, 2.45) is 0 Å². The maximum absolute atomic E-state index is 13.7. The van der Waals surface area contributed by atoms with E-state index in [0.717, 1.165) is 23.1 Å². The Balaban J connectivity index is 1.91. The van der Waals surface area contributed by atoms with Crippen LogP contribution in [0.2, 0.25) is 0 Å². The zero-order chi connectivity index (χ0) is 18.4. The normalized spacial score (nSPS) is 21.3. The Bertz CT molecular complexity index is 1100. The van der Waals surface area contributed by atoms with Gasteiger partial charge >= 0.3 is 0 Å². The first kappa shape index (κ1) is 15.7. The highest BCUT2D eigenvalue weighted by atomic mass is 16.2. The Morgan fingerprint density at radius 2 is 1.81 bits per heavy atom. The predicted molar refractivity (Wildman–Crippen MR) is 107 cm³/mol. The average molecular weight is 344 g/mol. The van der Waals surface area contributed by atoms with Crippen molar-refractivity contribution in [3.05, 3.63) is 53.6 Å². The zero-order valence-corrected chi connectivity index (χ0v) is 16.1. The number of carbonyl (C=O) groups excluding carboxylic acids is 1. The number of hydrogen-bond acceptors (Lipinski definition) is 2. The van der Waals surface area contributed by atoms with Gasteiger partial charge in [-0.05, 0) is 64.4 Å². The molecule has 1 unspecified atom stereocenters. The molecule has 2 aliphatic heterocycles. The molecule has 1 atom stereocenters. The topological polar surface area (TPSA) is 25.2 Å². The quantitative estimate of drug-likeness (QED) is 0.564. The van der Waals surface area contributed by atoms with Gasteiger partial charge in [0.1, 0.15) is 0 Å². The van der Waals surface area contributed by atoms with Gasteiger partial charge in [-0.25, -0.2) is 0 Å². The molecular weight excluding hydrogens is 320 g/mol. The van der Waals surface area contributed by atoms with Crippen LogP contribution in [0, 0.1) is 6.92 Å². The minimum atomic E-state index is -0.513. The molecule has 26 heavy (non-hydrogen) atoms. The standard InChI is InChI=1S/C23H24N2O/c1-14-10-16-18-12-15-8-6-7-9-17(15)25(18)21(26)23(5)13-24(22(2,3)4)19(11-14)20(16)23/h6-12H,13H2,1-5H3. The van der Waals surface area contributed by atoms with E-state index in [0.29, 0.717) is 0 Å². The smallest absolute Gasteiger partial charge is 0.243 e. The summed E-state index contributed by atoms with van der Waals surface area (Å²) in [7, 11) is 0. The Labute approximate surface area is 154 Å². The fourth-order valence-corrected chi connectivity index (χ4v) is 4.83. The van der Waals surface area contributed by atoms with Crippen molar-refractivity contribution in [3.8, 4) is 11.3 Å². The number of aromatic nitrogens is 1. The van der Waals surface area contributed by atoms with Gasteiger partial charge in [0.05, 0.1) is 16.6 Å². The summed E-state index contributed by atoms with van der Waals surface area (Å²) in [5, 5.41) is 1.13. The van der Waals surface area contributed by atoms with Gasteiger partial charge in [0.15, 0.2) is 0 Å². The highest BCUT2D eigenvalue weighted by Crippen LogP contribution is 2.53. The van der Waals surface area contributed by atoms with Crippen molar-refractivity contribution in [2.75, 3.05) is 11.4 Å². The monoisotopic (exact) mass is 344 g/mol. The van der Waals surface area contributed by atoms with Crippen molar-refractivity contribution < 1.29 is 4.79 Å². The molecule has 3 nitrogen and oxygen atoms in total. The third-order valence-electron chi connectivity index (χ3n) is 6.05. The van der Waals surface area contributed by atoms with Gasteiger partial charge in [0, 0.05) is 34.3 Å². The van der Waals surface area contributed by atoms with Crippen molar-refractivity contribution in [3.63, 3.8) is 0 Å². The van der Waals surface area contributed by atoms with E-state index in [1.807, 2.05) is 16.7 Å². The van der Waals surface area contributed by atoms with Gasteiger partial charge in [-0.1, -0.05) is 18.2 Å². The molecule has 2 aromatic carbocycles. The molecule has 0 fully saturated rings. The van der Waals surface area contributed by atoms with Gasteiger partial charge < -0.3 is 4.90 Å². The summed E-state index contributed by atoms with van der Waals surface area (Å²) in [5.41, 5.74) is 6.38.